The first-order valence-corrected chi connectivity index (χ1v) is 6.98. The number of halogens is 2. The van der Waals surface area contributed by atoms with Crippen LogP contribution in [0, 0.1) is 0 Å². The Morgan fingerprint density at radius 2 is 1.27 bits per heavy atom. The van der Waals surface area contributed by atoms with E-state index in [4.69, 9.17) is 0 Å². The van der Waals surface area contributed by atoms with E-state index in [2.05, 4.69) is 43.6 Å². The molecule has 3 heteroatoms. The predicted octanol–water partition coefficient (Wildman–Crippen LogP) is 3.57. The Morgan fingerprint density at radius 1 is 0.818 bits per heavy atom. The fourth-order valence-electron chi connectivity index (χ4n) is 1.91. The molecule has 0 unspecified atom stereocenters. The Hall–Kier alpha value is 1.31. The van der Waals surface area contributed by atoms with Crippen LogP contribution in [0.2, 0.25) is 0 Å². The minimum atomic E-state index is 0.795. The van der Waals surface area contributed by atoms with Gasteiger partial charge in [0.2, 0.25) is 0 Å². The number of rotatable bonds is 0. The summed E-state index contributed by atoms with van der Waals surface area (Å²) in [5.74, 6) is 0. The summed E-state index contributed by atoms with van der Waals surface area (Å²) in [6.45, 7) is 0. The van der Waals surface area contributed by atoms with Gasteiger partial charge in [0.25, 0.3) is 0 Å². The molecule has 2 bridgehead atoms. The van der Waals surface area contributed by atoms with Crippen LogP contribution in [0.5, 0.6) is 0 Å². The third-order valence-electron chi connectivity index (χ3n) is 2.61. The van der Waals surface area contributed by atoms with Gasteiger partial charge >= 0.3 is 0 Å². The van der Waals surface area contributed by atoms with Crippen LogP contribution in [0.15, 0.2) is 0 Å². The third kappa shape index (κ3) is 1.80. The first kappa shape index (κ1) is 8.89. The number of hydrogen-bond acceptors (Lipinski definition) is 1. The summed E-state index contributed by atoms with van der Waals surface area (Å²) in [5.41, 5.74) is 0. The van der Waals surface area contributed by atoms with E-state index in [9.17, 15) is 0 Å². The molecule has 2 fully saturated rings. The molecule has 0 nitrogen and oxygen atoms in total. The summed E-state index contributed by atoms with van der Waals surface area (Å²) in [6, 6.07) is 0. The van der Waals surface area contributed by atoms with E-state index in [1.807, 2.05) is 0 Å². The molecule has 0 aromatic heterocycles. The van der Waals surface area contributed by atoms with Crippen molar-refractivity contribution in [2.24, 2.45) is 0 Å². The minimum absolute atomic E-state index is 0.795. The van der Waals surface area contributed by atoms with Crippen LogP contribution in [-0.4, -0.2) is 20.2 Å². The topological polar surface area (TPSA) is 0 Å². The second-order valence-corrected chi connectivity index (χ2v) is 7.24. The van der Waals surface area contributed by atoms with Crippen molar-refractivity contribution < 1.29 is 0 Å². The molecule has 0 aromatic rings. The summed E-state index contributed by atoms with van der Waals surface area (Å²) in [6.07, 6.45) is 5.55. The van der Waals surface area contributed by atoms with Gasteiger partial charge in [-0.05, 0) is 25.7 Å². The average molecular weight is 300 g/mol. The molecule has 0 aliphatic carbocycles. The molecule has 2 rings (SSSR count). The lowest BCUT2D eigenvalue weighted by molar-refractivity contribution is 0.516. The molecular formula is C8H12Br2S. The normalized spacial score (nSPS) is 50.7. The standard InChI is InChI=1S/C8H12Br2S/c9-5-1-3-7-6(10)2-4-8(5)11-7/h5-8H,1-4H2/t5-,6-,7+,8+/m0/s1. The molecule has 0 N–H and O–H groups in total. The molecule has 2 saturated heterocycles. The van der Waals surface area contributed by atoms with Gasteiger partial charge in [-0.2, -0.15) is 11.8 Å². The molecule has 2 aliphatic heterocycles. The lowest BCUT2D eigenvalue weighted by Crippen LogP contribution is -2.37. The van der Waals surface area contributed by atoms with Gasteiger partial charge < -0.3 is 0 Å². The highest BCUT2D eigenvalue weighted by Gasteiger charge is 2.36. The van der Waals surface area contributed by atoms with Gasteiger partial charge in [-0.1, -0.05) is 31.9 Å². The van der Waals surface area contributed by atoms with Gasteiger partial charge in [0.05, 0.1) is 0 Å². The maximum absolute atomic E-state index is 3.76. The van der Waals surface area contributed by atoms with E-state index >= 15 is 0 Å². The van der Waals surface area contributed by atoms with E-state index < -0.39 is 0 Å². The maximum atomic E-state index is 3.76. The summed E-state index contributed by atoms with van der Waals surface area (Å²) in [7, 11) is 0. The van der Waals surface area contributed by atoms with Crippen LogP contribution in [0.3, 0.4) is 0 Å². The largest absolute Gasteiger partial charge is 0.153 e. The first-order chi connectivity index (χ1) is 5.27. The molecule has 4 atom stereocenters. The quantitative estimate of drug-likeness (QED) is 0.616. The van der Waals surface area contributed by atoms with Crippen molar-refractivity contribution >= 4 is 43.6 Å². The van der Waals surface area contributed by atoms with Gasteiger partial charge in [0, 0.05) is 20.2 Å². The highest BCUT2D eigenvalue weighted by atomic mass is 79.9. The van der Waals surface area contributed by atoms with E-state index in [0.717, 1.165) is 20.2 Å². The predicted molar refractivity (Wildman–Crippen MR) is 59.1 cm³/mol. The van der Waals surface area contributed by atoms with Crippen molar-refractivity contribution in [3.63, 3.8) is 0 Å². The summed E-state index contributed by atoms with van der Waals surface area (Å²) in [4.78, 5) is 1.59. The van der Waals surface area contributed by atoms with Crippen molar-refractivity contribution in [1.82, 2.24) is 0 Å². The fraction of sp³-hybridized carbons (Fsp3) is 1.00. The SMILES string of the molecule is Br[C@H]1CC[C@H]2S[C@@H]1CC[C@@H]2Br. The first-order valence-electron chi connectivity index (χ1n) is 4.21. The molecule has 0 amide bonds. The van der Waals surface area contributed by atoms with E-state index in [-0.39, 0.29) is 0 Å². The van der Waals surface area contributed by atoms with Gasteiger partial charge in [-0.3, -0.25) is 0 Å². The Labute approximate surface area is 89.1 Å². The number of fused-ring (bicyclic) bond motifs is 2. The zero-order valence-corrected chi connectivity index (χ0v) is 10.3. The van der Waals surface area contributed by atoms with E-state index in [1.165, 1.54) is 25.7 Å². The van der Waals surface area contributed by atoms with Crippen molar-refractivity contribution in [3.8, 4) is 0 Å². The van der Waals surface area contributed by atoms with Crippen LogP contribution in [0.4, 0.5) is 0 Å². The zero-order valence-electron chi connectivity index (χ0n) is 6.30. The van der Waals surface area contributed by atoms with Crippen LogP contribution in [-0.2, 0) is 0 Å². The van der Waals surface area contributed by atoms with E-state index in [1.54, 1.807) is 0 Å². The Kier molecular flexibility index (Phi) is 2.90. The number of thioether (sulfide) groups is 1. The van der Waals surface area contributed by atoms with Crippen molar-refractivity contribution in [1.29, 1.82) is 0 Å². The molecule has 0 radical (unpaired) electrons. The highest BCUT2D eigenvalue weighted by molar-refractivity contribution is 9.10. The Balaban J connectivity index is 2.02. The summed E-state index contributed by atoms with van der Waals surface area (Å²) in [5, 5.41) is 1.81. The third-order valence-corrected chi connectivity index (χ3v) is 7.33. The fourth-order valence-corrected chi connectivity index (χ4v) is 5.32. The maximum Gasteiger partial charge on any atom is 0.0265 e. The number of hydrogen-bond donors (Lipinski definition) is 0. The molecular weight excluding hydrogens is 288 g/mol. The second kappa shape index (κ2) is 3.59. The van der Waals surface area contributed by atoms with Crippen molar-refractivity contribution in [2.75, 3.05) is 0 Å². The minimum Gasteiger partial charge on any atom is -0.153 e. The molecule has 2 heterocycles. The van der Waals surface area contributed by atoms with Crippen LogP contribution in [0.1, 0.15) is 25.7 Å². The van der Waals surface area contributed by atoms with Gasteiger partial charge in [-0.25, -0.2) is 0 Å². The highest BCUT2D eigenvalue weighted by Crippen LogP contribution is 2.46. The van der Waals surface area contributed by atoms with Crippen molar-refractivity contribution in [3.05, 3.63) is 0 Å². The lowest BCUT2D eigenvalue weighted by atomic mass is 9.99. The van der Waals surface area contributed by atoms with Crippen LogP contribution < -0.4 is 0 Å². The van der Waals surface area contributed by atoms with Crippen molar-refractivity contribution in [2.45, 2.75) is 45.8 Å². The Bertz CT molecular complexity index is 135. The average Bonchev–Trinajstić information content (AvgIpc) is 2.02. The monoisotopic (exact) mass is 298 g/mol. The second-order valence-electron chi connectivity index (χ2n) is 3.40. The van der Waals surface area contributed by atoms with Gasteiger partial charge in [0.1, 0.15) is 0 Å². The number of alkyl halides is 2. The lowest BCUT2D eigenvalue weighted by Gasteiger charge is -2.40. The van der Waals surface area contributed by atoms with Gasteiger partial charge in [0.15, 0.2) is 0 Å². The summed E-state index contributed by atoms with van der Waals surface area (Å²) >= 11 is 9.72. The van der Waals surface area contributed by atoms with Crippen LogP contribution >= 0.6 is 43.6 Å². The van der Waals surface area contributed by atoms with E-state index in [0.29, 0.717) is 0 Å². The van der Waals surface area contributed by atoms with Gasteiger partial charge in [-0.15, -0.1) is 0 Å². The van der Waals surface area contributed by atoms with Crippen LogP contribution in [0.25, 0.3) is 0 Å². The molecule has 0 aromatic carbocycles. The molecule has 0 spiro atoms. The molecule has 64 valence electrons. The Morgan fingerprint density at radius 3 is 1.73 bits per heavy atom. The molecule has 2 aliphatic rings. The molecule has 0 saturated carbocycles. The summed E-state index contributed by atoms with van der Waals surface area (Å²) < 4.78 is 0. The molecule has 11 heavy (non-hydrogen) atoms. The zero-order chi connectivity index (χ0) is 7.84. The smallest absolute Gasteiger partial charge is 0.0265 e.